The Kier molecular flexibility index (Phi) is 4.92. The van der Waals surface area contributed by atoms with E-state index >= 15 is 0 Å². The highest BCUT2D eigenvalue weighted by molar-refractivity contribution is 5.41. The van der Waals surface area contributed by atoms with Gasteiger partial charge in [0.05, 0.1) is 12.0 Å². The molecule has 0 bridgehead atoms. The van der Waals surface area contributed by atoms with Crippen molar-refractivity contribution in [3.63, 3.8) is 0 Å². The van der Waals surface area contributed by atoms with E-state index in [2.05, 4.69) is 22.9 Å². The van der Waals surface area contributed by atoms with Gasteiger partial charge in [0, 0.05) is 25.3 Å². The highest BCUT2D eigenvalue weighted by Gasteiger charge is 2.11. The van der Waals surface area contributed by atoms with Crippen molar-refractivity contribution < 1.29 is 0 Å². The van der Waals surface area contributed by atoms with E-state index in [0.29, 0.717) is 6.54 Å². The van der Waals surface area contributed by atoms with Crippen LogP contribution in [0.5, 0.6) is 0 Å². The molecule has 0 saturated carbocycles. The number of aromatic nitrogens is 1. The topological polar surface area (TPSA) is 65.9 Å². The zero-order valence-electron chi connectivity index (χ0n) is 10.7. The summed E-state index contributed by atoms with van der Waals surface area (Å²) in [6.45, 7) is 7.46. The molecule has 1 unspecified atom stereocenters. The van der Waals surface area contributed by atoms with Crippen LogP contribution in [0, 0.1) is 17.2 Å². The zero-order valence-corrected chi connectivity index (χ0v) is 10.7. The molecule has 4 heteroatoms. The molecule has 0 spiro atoms. The Hall–Kier alpha value is -1.60. The molecule has 0 saturated heterocycles. The Labute approximate surface area is 103 Å². The van der Waals surface area contributed by atoms with Gasteiger partial charge in [-0.1, -0.05) is 0 Å². The quantitative estimate of drug-likeness (QED) is 0.844. The predicted molar refractivity (Wildman–Crippen MR) is 69.5 cm³/mol. The summed E-state index contributed by atoms with van der Waals surface area (Å²) in [4.78, 5) is 6.44. The van der Waals surface area contributed by atoms with Crippen molar-refractivity contribution in [2.75, 3.05) is 18.0 Å². The van der Waals surface area contributed by atoms with Gasteiger partial charge >= 0.3 is 0 Å². The van der Waals surface area contributed by atoms with Gasteiger partial charge in [0.1, 0.15) is 5.82 Å². The lowest BCUT2D eigenvalue weighted by atomic mass is 10.1. The summed E-state index contributed by atoms with van der Waals surface area (Å²) in [7, 11) is 0. The maximum Gasteiger partial charge on any atom is 0.128 e. The average Bonchev–Trinajstić information content (AvgIpc) is 2.35. The molecule has 0 aliphatic heterocycles. The van der Waals surface area contributed by atoms with Gasteiger partial charge in [-0.25, -0.2) is 4.98 Å². The summed E-state index contributed by atoms with van der Waals surface area (Å²) in [6, 6.07) is 6.17. The third-order valence-corrected chi connectivity index (χ3v) is 2.72. The lowest BCUT2D eigenvalue weighted by molar-refractivity contribution is 0.678. The molecule has 1 rings (SSSR count). The van der Waals surface area contributed by atoms with Crippen molar-refractivity contribution in [1.29, 1.82) is 5.26 Å². The monoisotopic (exact) mass is 232 g/mol. The Morgan fingerprint density at radius 3 is 2.76 bits per heavy atom. The number of rotatable bonds is 5. The predicted octanol–water partition coefficient (Wildman–Crippen LogP) is 2.09. The van der Waals surface area contributed by atoms with Gasteiger partial charge in [-0.05, 0) is 38.5 Å². The first-order chi connectivity index (χ1) is 8.08. The Bertz CT molecular complexity index is 395. The molecule has 92 valence electrons. The molecule has 2 N–H and O–H groups in total. The SMILES string of the molecule is CCN(CC(C)C#N)c1cc([C@@H](C)N)ccn1. The molecule has 0 aromatic carbocycles. The van der Waals surface area contributed by atoms with Crippen LogP contribution in [0.4, 0.5) is 5.82 Å². The van der Waals surface area contributed by atoms with Crippen LogP contribution < -0.4 is 10.6 Å². The molecule has 17 heavy (non-hydrogen) atoms. The third kappa shape index (κ3) is 3.72. The number of hydrogen-bond acceptors (Lipinski definition) is 4. The maximum absolute atomic E-state index is 8.85. The maximum atomic E-state index is 8.85. The second-order valence-electron chi connectivity index (χ2n) is 4.30. The van der Waals surface area contributed by atoms with Crippen LogP contribution in [-0.2, 0) is 0 Å². The molecule has 1 heterocycles. The summed E-state index contributed by atoms with van der Waals surface area (Å²) in [5.74, 6) is 0.889. The number of nitriles is 1. The van der Waals surface area contributed by atoms with Crippen molar-refractivity contribution in [2.24, 2.45) is 11.7 Å². The van der Waals surface area contributed by atoms with Crippen molar-refractivity contribution in [2.45, 2.75) is 26.8 Å². The summed E-state index contributed by atoms with van der Waals surface area (Å²) in [6.07, 6.45) is 1.77. The smallest absolute Gasteiger partial charge is 0.128 e. The van der Waals surface area contributed by atoms with E-state index in [0.717, 1.165) is 17.9 Å². The van der Waals surface area contributed by atoms with Crippen LogP contribution in [-0.4, -0.2) is 18.1 Å². The van der Waals surface area contributed by atoms with Gasteiger partial charge < -0.3 is 10.6 Å². The minimum absolute atomic E-state index is 0.00356. The summed E-state index contributed by atoms with van der Waals surface area (Å²) in [5.41, 5.74) is 6.92. The fourth-order valence-corrected chi connectivity index (χ4v) is 1.65. The van der Waals surface area contributed by atoms with E-state index in [4.69, 9.17) is 11.0 Å². The largest absolute Gasteiger partial charge is 0.356 e. The lowest BCUT2D eigenvalue weighted by Crippen LogP contribution is -2.28. The number of nitrogens with two attached hydrogens (primary N) is 1. The molecule has 1 aromatic rings. The summed E-state index contributed by atoms with van der Waals surface area (Å²) >= 11 is 0. The fourth-order valence-electron chi connectivity index (χ4n) is 1.65. The molecule has 2 atom stereocenters. The van der Waals surface area contributed by atoms with Crippen molar-refractivity contribution in [1.82, 2.24) is 4.98 Å². The fraction of sp³-hybridized carbons (Fsp3) is 0.538. The highest BCUT2D eigenvalue weighted by Crippen LogP contribution is 2.17. The van der Waals surface area contributed by atoms with E-state index in [-0.39, 0.29) is 12.0 Å². The first-order valence-electron chi connectivity index (χ1n) is 5.94. The Balaban J connectivity index is 2.88. The number of anilines is 1. The standard InChI is InChI=1S/C13H20N4/c1-4-17(9-10(2)8-14)13-7-12(11(3)15)5-6-16-13/h5-7,10-11H,4,9,15H2,1-3H3/t10?,11-/m1/s1. The number of pyridine rings is 1. The van der Waals surface area contributed by atoms with Crippen molar-refractivity contribution in [3.8, 4) is 6.07 Å². The molecule has 0 amide bonds. The van der Waals surface area contributed by atoms with Gasteiger partial charge in [-0.15, -0.1) is 0 Å². The van der Waals surface area contributed by atoms with Crippen LogP contribution in [0.25, 0.3) is 0 Å². The Morgan fingerprint density at radius 2 is 2.24 bits per heavy atom. The van der Waals surface area contributed by atoms with Gasteiger partial charge in [0.15, 0.2) is 0 Å². The van der Waals surface area contributed by atoms with Crippen LogP contribution in [0.3, 0.4) is 0 Å². The third-order valence-electron chi connectivity index (χ3n) is 2.72. The first-order valence-corrected chi connectivity index (χ1v) is 5.94. The molecule has 0 fully saturated rings. The number of hydrogen-bond donors (Lipinski definition) is 1. The van der Waals surface area contributed by atoms with E-state index in [1.807, 2.05) is 26.0 Å². The second kappa shape index (κ2) is 6.21. The van der Waals surface area contributed by atoms with Crippen molar-refractivity contribution in [3.05, 3.63) is 23.9 Å². The van der Waals surface area contributed by atoms with Crippen LogP contribution in [0.2, 0.25) is 0 Å². The van der Waals surface area contributed by atoms with Gasteiger partial charge in [0.25, 0.3) is 0 Å². The van der Waals surface area contributed by atoms with Gasteiger partial charge in [-0.2, -0.15) is 5.26 Å². The van der Waals surface area contributed by atoms with E-state index in [9.17, 15) is 0 Å². The average molecular weight is 232 g/mol. The van der Waals surface area contributed by atoms with Gasteiger partial charge in [-0.3, -0.25) is 0 Å². The molecule has 4 nitrogen and oxygen atoms in total. The van der Waals surface area contributed by atoms with Crippen LogP contribution in [0.15, 0.2) is 18.3 Å². The first kappa shape index (κ1) is 13.5. The molecule has 0 aliphatic rings. The van der Waals surface area contributed by atoms with E-state index < -0.39 is 0 Å². The van der Waals surface area contributed by atoms with Crippen LogP contribution >= 0.6 is 0 Å². The molecular formula is C13H20N4. The van der Waals surface area contributed by atoms with E-state index in [1.54, 1.807) is 6.20 Å². The highest BCUT2D eigenvalue weighted by atomic mass is 15.2. The molecule has 0 aliphatic carbocycles. The van der Waals surface area contributed by atoms with Crippen LogP contribution in [0.1, 0.15) is 32.4 Å². The number of nitrogens with zero attached hydrogens (tertiary/aromatic N) is 3. The minimum atomic E-state index is -0.00398. The minimum Gasteiger partial charge on any atom is -0.356 e. The van der Waals surface area contributed by atoms with Crippen molar-refractivity contribution >= 4 is 5.82 Å². The molecular weight excluding hydrogens is 212 g/mol. The summed E-state index contributed by atoms with van der Waals surface area (Å²) < 4.78 is 0. The van der Waals surface area contributed by atoms with Gasteiger partial charge in [0.2, 0.25) is 0 Å². The normalized spacial score (nSPS) is 13.8. The Morgan fingerprint density at radius 1 is 1.53 bits per heavy atom. The molecule has 1 aromatic heterocycles. The zero-order chi connectivity index (χ0) is 12.8. The molecule has 0 radical (unpaired) electrons. The second-order valence-corrected chi connectivity index (χ2v) is 4.30. The van der Waals surface area contributed by atoms with E-state index in [1.165, 1.54) is 0 Å². The lowest BCUT2D eigenvalue weighted by Gasteiger charge is -2.23. The summed E-state index contributed by atoms with van der Waals surface area (Å²) in [5, 5.41) is 8.85.